The van der Waals surface area contributed by atoms with Crippen LogP contribution in [0.5, 0.6) is 0 Å². The Hall–Kier alpha value is -2.65. The summed E-state index contributed by atoms with van der Waals surface area (Å²) in [4.78, 5) is 25.3. The van der Waals surface area contributed by atoms with Crippen molar-refractivity contribution in [2.75, 3.05) is 0 Å². The molecule has 24 heavy (non-hydrogen) atoms. The largest absolute Gasteiger partial charge is 0.448 e. The smallest absolute Gasteiger partial charge is 0.229 e. The summed E-state index contributed by atoms with van der Waals surface area (Å²) in [6.45, 7) is 4.08. The van der Waals surface area contributed by atoms with Gasteiger partial charge in [-0.1, -0.05) is 42.5 Å². The fourth-order valence-corrected chi connectivity index (χ4v) is 3.30. The first-order valence-corrected chi connectivity index (χ1v) is 8.03. The maximum absolute atomic E-state index is 12.6. The maximum atomic E-state index is 12.6. The molecule has 0 N–H and O–H groups in total. The van der Waals surface area contributed by atoms with Crippen molar-refractivity contribution in [1.82, 2.24) is 0 Å². The van der Waals surface area contributed by atoms with Gasteiger partial charge in [0.2, 0.25) is 11.6 Å². The summed E-state index contributed by atoms with van der Waals surface area (Å²) in [5.41, 5.74) is 3.21. The van der Waals surface area contributed by atoms with Gasteiger partial charge in [-0.25, -0.2) is 0 Å². The minimum atomic E-state index is -0.307. The van der Waals surface area contributed by atoms with E-state index in [-0.39, 0.29) is 23.1 Å². The molecule has 0 radical (unpaired) electrons. The molecule has 1 aromatic heterocycles. The molecule has 1 heterocycles. The number of rotatable bonds is 2. The van der Waals surface area contributed by atoms with Crippen LogP contribution in [0.2, 0.25) is 5.02 Å². The molecule has 3 nitrogen and oxygen atoms in total. The van der Waals surface area contributed by atoms with Crippen molar-refractivity contribution in [3.05, 3.63) is 87.9 Å². The van der Waals surface area contributed by atoms with Crippen LogP contribution in [0, 0.1) is 0 Å². The van der Waals surface area contributed by atoms with Crippen molar-refractivity contribution in [2.45, 2.75) is 12.8 Å². The minimum absolute atomic E-state index is 0.122. The fraction of sp³-hybridized carbons (Fsp3) is 0.100. The van der Waals surface area contributed by atoms with Crippen LogP contribution in [-0.2, 0) is 0 Å². The summed E-state index contributed by atoms with van der Waals surface area (Å²) < 4.78 is 5.62. The Kier molecular flexibility index (Phi) is 3.39. The van der Waals surface area contributed by atoms with E-state index >= 15 is 0 Å². The third-order valence-electron chi connectivity index (χ3n) is 4.30. The molecule has 118 valence electrons. The zero-order chi connectivity index (χ0) is 16.8. The van der Waals surface area contributed by atoms with Gasteiger partial charge in [-0.2, -0.15) is 0 Å². The average Bonchev–Trinajstić information content (AvgIpc) is 3.05. The highest BCUT2D eigenvalue weighted by atomic mass is 35.5. The summed E-state index contributed by atoms with van der Waals surface area (Å²) in [6, 6.07) is 8.24. The fourth-order valence-electron chi connectivity index (χ4n) is 3.11. The van der Waals surface area contributed by atoms with Crippen LogP contribution in [-0.4, -0.2) is 11.6 Å². The number of benzene rings is 1. The monoisotopic (exact) mass is 336 g/mol. The third-order valence-corrected chi connectivity index (χ3v) is 4.53. The number of fused-ring (bicyclic) bond motifs is 2. The molecular weight excluding hydrogens is 324 g/mol. The van der Waals surface area contributed by atoms with Crippen molar-refractivity contribution >= 4 is 28.7 Å². The molecular formula is C20H13ClO3. The lowest BCUT2D eigenvalue weighted by Gasteiger charge is -2.21. The number of allylic oxidation sites excluding steroid dienone is 5. The molecule has 0 aliphatic heterocycles. The summed E-state index contributed by atoms with van der Waals surface area (Å²) in [5, 5.41) is 0.471. The van der Waals surface area contributed by atoms with E-state index in [2.05, 4.69) is 6.58 Å². The average molecular weight is 337 g/mol. The Morgan fingerprint density at radius 3 is 2.62 bits per heavy atom. The lowest BCUT2D eigenvalue weighted by atomic mass is 9.81. The van der Waals surface area contributed by atoms with Crippen molar-refractivity contribution in [3.8, 4) is 0 Å². The van der Waals surface area contributed by atoms with Crippen LogP contribution >= 0.6 is 11.6 Å². The quantitative estimate of drug-likeness (QED) is 0.723. The number of hydrogen-bond donors (Lipinski definition) is 0. The van der Waals surface area contributed by atoms with Gasteiger partial charge in [0.1, 0.15) is 0 Å². The number of carbonyl (C=O) groups is 2. The van der Waals surface area contributed by atoms with E-state index in [1.54, 1.807) is 30.3 Å². The number of ketones is 2. The van der Waals surface area contributed by atoms with Gasteiger partial charge in [-0.15, -0.1) is 0 Å². The van der Waals surface area contributed by atoms with Crippen molar-refractivity contribution in [2.24, 2.45) is 0 Å². The Bertz CT molecular complexity index is 923. The van der Waals surface area contributed by atoms with E-state index in [0.717, 1.165) is 24.0 Å². The van der Waals surface area contributed by atoms with Gasteiger partial charge < -0.3 is 4.42 Å². The first-order chi connectivity index (χ1) is 11.6. The van der Waals surface area contributed by atoms with Gasteiger partial charge in [0.15, 0.2) is 11.5 Å². The number of Topliss-reactive ketones (excluding diaryl/α,β-unsaturated/α-hetero) is 1. The first-order valence-electron chi connectivity index (χ1n) is 7.65. The van der Waals surface area contributed by atoms with Crippen molar-refractivity contribution < 1.29 is 14.0 Å². The van der Waals surface area contributed by atoms with E-state index in [9.17, 15) is 9.59 Å². The van der Waals surface area contributed by atoms with Gasteiger partial charge in [0.05, 0.1) is 0 Å². The van der Waals surface area contributed by atoms with Crippen molar-refractivity contribution in [3.63, 3.8) is 0 Å². The molecule has 0 saturated carbocycles. The van der Waals surface area contributed by atoms with E-state index in [4.69, 9.17) is 16.0 Å². The molecule has 1 aromatic carbocycles. The predicted octanol–water partition coefficient (Wildman–Crippen LogP) is 5.02. The Labute approximate surface area is 143 Å². The van der Waals surface area contributed by atoms with Crippen molar-refractivity contribution in [1.29, 1.82) is 0 Å². The molecule has 0 fully saturated rings. The van der Waals surface area contributed by atoms with E-state index < -0.39 is 0 Å². The topological polar surface area (TPSA) is 47.3 Å². The number of halogens is 1. The highest BCUT2D eigenvalue weighted by Crippen LogP contribution is 2.41. The highest BCUT2D eigenvalue weighted by molar-refractivity contribution is 6.31. The molecule has 2 aliphatic rings. The highest BCUT2D eigenvalue weighted by Gasteiger charge is 2.34. The molecule has 4 heteroatoms. The Morgan fingerprint density at radius 1 is 1.12 bits per heavy atom. The van der Waals surface area contributed by atoms with Gasteiger partial charge in [-0.3, -0.25) is 9.59 Å². The number of carbonyl (C=O) groups excluding carboxylic acids is 2. The van der Waals surface area contributed by atoms with Crippen LogP contribution in [0.3, 0.4) is 0 Å². The van der Waals surface area contributed by atoms with Crippen LogP contribution in [0.4, 0.5) is 0 Å². The standard InChI is InChI=1S/C20H13ClO3/c1-11-14-7-2-3-8-15(14)19(23)20-16(11)10-17(24-20)18(22)12-5-4-6-13(21)9-12/h4-10H,1-3H2. The third kappa shape index (κ3) is 2.21. The molecule has 0 spiro atoms. The lowest BCUT2D eigenvalue weighted by Crippen LogP contribution is -2.15. The van der Waals surface area contributed by atoms with Gasteiger partial charge >= 0.3 is 0 Å². The van der Waals surface area contributed by atoms with E-state index in [1.165, 1.54) is 0 Å². The van der Waals surface area contributed by atoms with Gasteiger partial charge in [0.25, 0.3) is 0 Å². The molecule has 4 rings (SSSR count). The van der Waals surface area contributed by atoms with E-state index in [1.807, 2.05) is 12.2 Å². The normalized spacial score (nSPS) is 16.2. The van der Waals surface area contributed by atoms with Gasteiger partial charge in [-0.05, 0) is 42.2 Å². The van der Waals surface area contributed by atoms with E-state index in [0.29, 0.717) is 21.7 Å². The lowest BCUT2D eigenvalue weighted by molar-refractivity contribution is 0.0984. The summed E-state index contributed by atoms with van der Waals surface area (Å²) in [7, 11) is 0. The maximum Gasteiger partial charge on any atom is 0.229 e. The van der Waals surface area contributed by atoms with Crippen LogP contribution in [0.15, 0.2) is 64.6 Å². The molecule has 0 unspecified atom stereocenters. The molecule has 0 bridgehead atoms. The second-order valence-electron chi connectivity index (χ2n) is 5.81. The molecule has 0 amide bonds. The Morgan fingerprint density at radius 2 is 1.88 bits per heavy atom. The first kappa shape index (κ1) is 14.9. The summed E-state index contributed by atoms with van der Waals surface area (Å²) in [5.74, 6) is -0.181. The van der Waals surface area contributed by atoms with Crippen LogP contribution in [0.25, 0.3) is 5.57 Å². The molecule has 2 aliphatic carbocycles. The van der Waals surface area contributed by atoms with Crippen LogP contribution in [0.1, 0.15) is 45.1 Å². The van der Waals surface area contributed by atoms with Gasteiger partial charge in [0, 0.05) is 21.7 Å². The zero-order valence-corrected chi connectivity index (χ0v) is 13.5. The Balaban J connectivity index is 1.81. The zero-order valence-electron chi connectivity index (χ0n) is 12.8. The second-order valence-corrected chi connectivity index (χ2v) is 6.25. The van der Waals surface area contributed by atoms with Crippen LogP contribution < -0.4 is 0 Å². The molecule has 2 aromatic rings. The summed E-state index contributed by atoms with van der Waals surface area (Å²) >= 11 is 5.94. The predicted molar refractivity (Wildman–Crippen MR) is 92.4 cm³/mol. The second kappa shape index (κ2) is 5.46. The summed E-state index contributed by atoms with van der Waals surface area (Å²) in [6.07, 6.45) is 5.63. The SMILES string of the molecule is C=C1C2=CCCC=C2C(=O)c2oc(C(=O)c3cccc(Cl)c3)cc21. The molecule has 0 atom stereocenters. The number of furan rings is 1. The molecule has 0 saturated heterocycles. The number of hydrogen-bond acceptors (Lipinski definition) is 3. The minimum Gasteiger partial charge on any atom is -0.448 e.